The van der Waals surface area contributed by atoms with E-state index in [1.54, 1.807) is 0 Å². The van der Waals surface area contributed by atoms with Crippen molar-refractivity contribution in [2.75, 3.05) is 5.32 Å². The Morgan fingerprint density at radius 1 is 1.10 bits per heavy atom. The van der Waals surface area contributed by atoms with E-state index in [0.717, 1.165) is 6.42 Å². The third-order valence-corrected chi connectivity index (χ3v) is 5.20. The molecule has 0 bridgehead atoms. The standard InChI is InChI=1S/C18H17NS/c1-2-7-13(8-3-1)19-16-11-6-10-15-14-9-4-5-12-17(14)20-18(15)16/h1-3,6-7,9-13,19H,4-5,8H2. The zero-order valence-electron chi connectivity index (χ0n) is 11.3. The van der Waals surface area contributed by atoms with Gasteiger partial charge in [-0.3, -0.25) is 0 Å². The van der Waals surface area contributed by atoms with Crippen LogP contribution in [-0.4, -0.2) is 6.04 Å². The van der Waals surface area contributed by atoms with Crippen molar-refractivity contribution in [2.45, 2.75) is 25.3 Å². The normalized spacial score (nSPS) is 20.3. The lowest BCUT2D eigenvalue weighted by Crippen LogP contribution is -2.20. The van der Waals surface area contributed by atoms with E-state index in [9.17, 15) is 0 Å². The summed E-state index contributed by atoms with van der Waals surface area (Å²) < 4.78 is 2.84. The lowest BCUT2D eigenvalue weighted by atomic mass is 10.1. The van der Waals surface area contributed by atoms with Crippen LogP contribution in [0.1, 0.15) is 19.3 Å². The summed E-state index contributed by atoms with van der Waals surface area (Å²) in [5.74, 6) is 0. The fourth-order valence-electron chi connectivity index (χ4n) is 2.96. The molecule has 1 atom stereocenters. The van der Waals surface area contributed by atoms with Crippen LogP contribution in [0.2, 0.25) is 0 Å². The molecule has 1 nitrogen and oxygen atoms in total. The van der Waals surface area contributed by atoms with Gasteiger partial charge in [0, 0.05) is 16.0 Å². The molecule has 1 aromatic heterocycles. The van der Waals surface area contributed by atoms with Crippen LogP contribution in [0.25, 0.3) is 22.2 Å². The third kappa shape index (κ3) is 2.01. The smallest absolute Gasteiger partial charge is 0.0586 e. The Morgan fingerprint density at radius 2 is 2.05 bits per heavy atom. The maximum Gasteiger partial charge on any atom is 0.0586 e. The molecule has 1 heterocycles. The van der Waals surface area contributed by atoms with Crippen molar-refractivity contribution < 1.29 is 0 Å². The van der Waals surface area contributed by atoms with Gasteiger partial charge in [0.25, 0.3) is 0 Å². The predicted octanol–water partition coefficient (Wildman–Crippen LogP) is 3.55. The average Bonchev–Trinajstić information content (AvgIpc) is 2.88. The minimum absolute atomic E-state index is 0.415. The van der Waals surface area contributed by atoms with E-state index in [4.69, 9.17) is 0 Å². The maximum atomic E-state index is 3.68. The van der Waals surface area contributed by atoms with Crippen LogP contribution in [0.15, 0.2) is 42.5 Å². The molecule has 20 heavy (non-hydrogen) atoms. The molecule has 1 aromatic carbocycles. The Bertz CT molecular complexity index is 823. The molecule has 0 saturated heterocycles. The molecule has 2 aliphatic rings. The van der Waals surface area contributed by atoms with E-state index in [-0.39, 0.29) is 0 Å². The summed E-state index contributed by atoms with van der Waals surface area (Å²) in [6, 6.07) is 7.04. The average molecular weight is 279 g/mol. The summed E-state index contributed by atoms with van der Waals surface area (Å²) in [5, 5.41) is 6.53. The summed E-state index contributed by atoms with van der Waals surface area (Å²) >= 11 is 1.92. The van der Waals surface area contributed by atoms with Gasteiger partial charge in [0.15, 0.2) is 0 Å². The molecule has 1 unspecified atom stereocenters. The Hall–Kier alpha value is -1.80. The number of allylic oxidation sites excluding steroid dienone is 2. The van der Waals surface area contributed by atoms with Crippen molar-refractivity contribution >= 4 is 39.3 Å². The summed E-state index contributed by atoms with van der Waals surface area (Å²) in [6.45, 7) is 0. The second-order valence-corrected chi connectivity index (χ2v) is 6.40. The Balaban J connectivity index is 1.83. The minimum atomic E-state index is 0.415. The number of anilines is 1. The molecule has 1 N–H and O–H groups in total. The topological polar surface area (TPSA) is 12.0 Å². The molecule has 2 heteroatoms. The van der Waals surface area contributed by atoms with Gasteiger partial charge in [-0.05, 0) is 30.5 Å². The van der Waals surface area contributed by atoms with Crippen molar-refractivity contribution in [1.29, 1.82) is 0 Å². The van der Waals surface area contributed by atoms with Crippen LogP contribution >= 0.6 is 11.3 Å². The Kier molecular flexibility index (Phi) is 2.96. The highest BCUT2D eigenvalue weighted by atomic mass is 32.1. The fourth-order valence-corrected chi connectivity index (χ4v) is 4.21. The number of rotatable bonds is 2. The number of thiophene rings is 1. The summed E-state index contributed by atoms with van der Waals surface area (Å²) in [5.41, 5.74) is 1.27. The van der Waals surface area contributed by atoms with Gasteiger partial charge in [0.1, 0.15) is 0 Å². The highest BCUT2D eigenvalue weighted by Gasteiger charge is 2.10. The van der Waals surface area contributed by atoms with Crippen LogP contribution in [0.3, 0.4) is 0 Å². The number of hydrogen-bond acceptors (Lipinski definition) is 2. The lowest BCUT2D eigenvalue weighted by Gasteiger charge is -2.17. The van der Waals surface area contributed by atoms with Gasteiger partial charge < -0.3 is 5.32 Å². The molecule has 0 saturated carbocycles. The molecule has 0 amide bonds. The van der Waals surface area contributed by atoms with Crippen LogP contribution < -0.4 is 15.1 Å². The molecule has 4 rings (SSSR count). The van der Waals surface area contributed by atoms with Crippen molar-refractivity contribution in [2.24, 2.45) is 0 Å². The van der Waals surface area contributed by atoms with Crippen LogP contribution in [0.4, 0.5) is 5.69 Å². The first-order chi connectivity index (χ1) is 9.92. The molecule has 0 radical (unpaired) electrons. The summed E-state index contributed by atoms with van der Waals surface area (Å²) in [4.78, 5) is 0. The minimum Gasteiger partial charge on any atom is -0.377 e. The highest BCUT2D eigenvalue weighted by molar-refractivity contribution is 7.17. The van der Waals surface area contributed by atoms with E-state index in [2.05, 4.69) is 60.0 Å². The van der Waals surface area contributed by atoms with Crippen molar-refractivity contribution in [3.63, 3.8) is 0 Å². The molecule has 0 fully saturated rings. The van der Waals surface area contributed by atoms with Gasteiger partial charge in [-0.15, -0.1) is 11.3 Å². The van der Waals surface area contributed by atoms with E-state index >= 15 is 0 Å². The van der Waals surface area contributed by atoms with Gasteiger partial charge in [0.2, 0.25) is 0 Å². The third-order valence-electron chi connectivity index (χ3n) is 3.95. The zero-order chi connectivity index (χ0) is 13.4. The highest BCUT2D eigenvalue weighted by Crippen LogP contribution is 2.26. The second kappa shape index (κ2) is 4.95. The molecule has 2 aliphatic carbocycles. The van der Waals surface area contributed by atoms with E-state index < -0.39 is 0 Å². The predicted molar refractivity (Wildman–Crippen MR) is 89.5 cm³/mol. The Labute approximate surface area is 122 Å². The van der Waals surface area contributed by atoms with Gasteiger partial charge >= 0.3 is 0 Å². The van der Waals surface area contributed by atoms with Gasteiger partial charge in [-0.2, -0.15) is 0 Å². The number of hydrogen-bond donors (Lipinski definition) is 1. The van der Waals surface area contributed by atoms with E-state index in [1.165, 1.54) is 38.4 Å². The number of benzene rings is 1. The molecule has 0 aliphatic heterocycles. The van der Waals surface area contributed by atoms with Crippen LogP contribution in [0, 0.1) is 0 Å². The number of nitrogens with one attached hydrogen (secondary N) is 1. The monoisotopic (exact) mass is 279 g/mol. The van der Waals surface area contributed by atoms with Gasteiger partial charge in [0.05, 0.1) is 10.4 Å². The van der Waals surface area contributed by atoms with E-state index in [0.29, 0.717) is 6.04 Å². The SMILES string of the molecule is C1=CCC(Nc2cccc3c4c(sc23)=CCCC=4)C=C1. The van der Waals surface area contributed by atoms with Crippen molar-refractivity contribution in [1.82, 2.24) is 0 Å². The second-order valence-electron chi connectivity index (χ2n) is 5.35. The molecule has 0 spiro atoms. The molecule has 100 valence electrons. The van der Waals surface area contributed by atoms with Crippen molar-refractivity contribution in [3.05, 3.63) is 52.3 Å². The quantitative estimate of drug-likeness (QED) is 0.886. The Morgan fingerprint density at radius 3 is 2.95 bits per heavy atom. The first-order valence-electron chi connectivity index (χ1n) is 7.23. The van der Waals surface area contributed by atoms with E-state index in [1.807, 2.05) is 11.3 Å². The molecule has 2 aromatic rings. The first-order valence-corrected chi connectivity index (χ1v) is 8.05. The summed E-state index contributed by atoms with van der Waals surface area (Å²) in [7, 11) is 0. The zero-order valence-corrected chi connectivity index (χ0v) is 12.1. The first kappa shape index (κ1) is 12.0. The molecular weight excluding hydrogens is 262 g/mol. The lowest BCUT2D eigenvalue weighted by molar-refractivity contribution is 0.885. The number of fused-ring (bicyclic) bond motifs is 3. The van der Waals surface area contributed by atoms with Gasteiger partial charge in [-0.25, -0.2) is 0 Å². The maximum absolute atomic E-state index is 3.68. The van der Waals surface area contributed by atoms with Gasteiger partial charge in [-0.1, -0.05) is 48.6 Å². The van der Waals surface area contributed by atoms with Crippen LogP contribution in [-0.2, 0) is 0 Å². The fraction of sp³-hybridized carbons (Fsp3) is 0.222. The largest absolute Gasteiger partial charge is 0.377 e. The van der Waals surface area contributed by atoms with Crippen LogP contribution in [0.5, 0.6) is 0 Å². The molecular formula is C18H17NS. The van der Waals surface area contributed by atoms with Crippen molar-refractivity contribution in [3.8, 4) is 0 Å². The summed E-state index contributed by atoms with van der Waals surface area (Å²) in [6.07, 6.45) is 16.9.